The Bertz CT molecular complexity index is 1590. The maximum Gasteiger partial charge on any atom is 0.271 e. The van der Waals surface area contributed by atoms with Crippen LogP contribution in [0.2, 0.25) is 15.1 Å². The molecular formula is C28H22Cl3N3O3S. The van der Waals surface area contributed by atoms with E-state index in [1.54, 1.807) is 97.9 Å². The maximum atomic E-state index is 13.6. The minimum Gasteiger partial charge on any atom is -0.267 e. The van der Waals surface area contributed by atoms with E-state index in [2.05, 4.69) is 10.5 Å². The molecule has 0 heterocycles. The molecule has 38 heavy (non-hydrogen) atoms. The van der Waals surface area contributed by atoms with E-state index in [1.165, 1.54) is 10.5 Å². The summed E-state index contributed by atoms with van der Waals surface area (Å²) in [6.45, 7) is 1.81. The third kappa shape index (κ3) is 6.37. The minimum atomic E-state index is -3.90. The molecule has 6 nitrogen and oxygen atoms in total. The summed E-state index contributed by atoms with van der Waals surface area (Å²) >= 11 is 18.2. The van der Waals surface area contributed by atoms with E-state index in [0.29, 0.717) is 43.0 Å². The van der Waals surface area contributed by atoms with E-state index >= 15 is 0 Å². The number of halogens is 3. The van der Waals surface area contributed by atoms with Crippen LogP contribution >= 0.6 is 34.8 Å². The second kappa shape index (κ2) is 12.0. The molecule has 0 saturated carbocycles. The summed E-state index contributed by atoms with van der Waals surface area (Å²) in [6, 6.07) is 24.9. The van der Waals surface area contributed by atoms with Gasteiger partial charge in [0, 0.05) is 10.6 Å². The van der Waals surface area contributed by atoms with Gasteiger partial charge in [0.1, 0.15) is 0 Å². The lowest BCUT2D eigenvalue weighted by Gasteiger charge is -2.26. The topological polar surface area (TPSA) is 78.8 Å². The number of nitrogens with zero attached hydrogens (tertiary/aromatic N) is 2. The van der Waals surface area contributed by atoms with Crippen molar-refractivity contribution in [3.05, 3.63) is 128 Å². The minimum absolute atomic E-state index is 0.0375. The summed E-state index contributed by atoms with van der Waals surface area (Å²) in [6.07, 6.45) is 1.45. The van der Waals surface area contributed by atoms with Crippen molar-refractivity contribution in [2.75, 3.05) is 4.31 Å². The van der Waals surface area contributed by atoms with Crippen molar-refractivity contribution < 1.29 is 13.2 Å². The van der Waals surface area contributed by atoms with Gasteiger partial charge in [-0.05, 0) is 72.1 Å². The number of benzene rings is 4. The molecule has 0 bridgehead atoms. The highest BCUT2D eigenvalue weighted by atomic mass is 35.5. The molecule has 4 aromatic carbocycles. The first kappa shape index (κ1) is 27.7. The first-order valence-corrected chi connectivity index (χ1v) is 13.9. The summed E-state index contributed by atoms with van der Waals surface area (Å²) < 4.78 is 28.6. The molecule has 1 N–H and O–H groups in total. The Balaban J connectivity index is 1.55. The number of amides is 1. The number of hydrazone groups is 1. The number of hydrogen-bond donors (Lipinski definition) is 1. The molecular weight excluding hydrogens is 565 g/mol. The zero-order valence-electron chi connectivity index (χ0n) is 20.1. The summed E-state index contributed by atoms with van der Waals surface area (Å²) in [7, 11) is -3.90. The molecule has 4 aromatic rings. The predicted molar refractivity (Wildman–Crippen MR) is 154 cm³/mol. The second-order valence-electron chi connectivity index (χ2n) is 8.28. The molecule has 0 radical (unpaired) electrons. The molecule has 0 atom stereocenters. The van der Waals surface area contributed by atoms with Gasteiger partial charge in [-0.25, -0.2) is 13.8 Å². The summed E-state index contributed by atoms with van der Waals surface area (Å²) in [5, 5.41) is 5.23. The van der Waals surface area contributed by atoms with Gasteiger partial charge in [0.25, 0.3) is 15.9 Å². The van der Waals surface area contributed by atoms with Gasteiger partial charge in [0.2, 0.25) is 0 Å². The molecule has 4 rings (SSSR count). The first-order valence-electron chi connectivity index (χ1n) is 11.4. The van der Waals surface area contributed by atoms with Gasteiger partial charge < -0.3 is 0 Å². The fraction of sp³-hybridized carbons (Fsp3) is 0.0714. The Morgan fingerprint density at radius 3 is 2.26 bits per heavy atom. The third-order valence-corrected chi connectivity index (χ3v) is 8.63. The quantitative estimate of drug-likeness (QED) is 0.176. The molecule has 10 heteroatoms. The average Bonchev–Trinajstić information content (AvgIpc) is 2.92. The van der Waals surface area contributed by atoms with Crippen LogP contribution in [0.15, 0.2) is 101 Å². The molecule has 0 unspecified atom stereocenters. The van der Waals surface area contributed by atoms with Crippen LogP contribution in [0.4, 0.5) is 5.69 Å². The molecule has 0 aliphatic rings. The van der Waals surface area contributed by atoms with Gasteiger partial charge in [-0.1, -0.05) is 77.3 Å². The van der Waals surface area contributed by atoms with Crippen molar-refractivity contribution in [1.82, 2.24) is 5.43 Å². The first-order chi connectivity index (χ1) is 18.2. The largest absolute Gasteiger partial charge is 0.271 e. The highest BCUT2D eigenvalue weighted by molar-refractivity contribution is 7.92. The van der Waals surface area contributed by atoms with Gasteiger partial charge in [0.15, 0.2) is 0 Å². The van der Waals surface area contributed by atoms with Gasteiger partial charge in [-0.2, -0.15) is 5.10 Å². The number of nitrogens with one attached hydrogen (secondary N) is 1. The van der Waals surface area contributed by atoms with Crippen molar-refractivity contribution in [3.63, 3.8) is 0 Å². The van der Waals surface area contributed by atoms with Crippen LogP contribution < -0.4 is 9.73 Å². The second-order valence-corrected chi connectivity index (χ2v) is 11.4. The predicted octanol–water partition coefficient (Wildman–Crippen LogP) is 7.11. The van der Waals surface area contributed by atoms with E-state index in [9.17, 15) is 13.2 Å². The summed E-state index contributed by atoms with van der Waals surface area (Å²) in [4.78, 5) is 12.7. The number of hydrogen-bond acceptors (Lipinski definition) is 4. The normalized spacial score (nSPS) is 11.5. The van der Waals surface area contributed by atoms with E-state index in [0.717, 1.165) is 0 Å². The van der Waals surface area contributed by atoms with Crippen LogP contribution in [-0.4, -0.2) is 20.5 Å². The number of carbonyl (C=O) groups is 1. The Morgan fingerprint density at radius 1 is 0.868 bits per heavy atom. The lowest BCUT2D eigenvalue weighted by Crippen LogP contribution is -2.31. The van der Waals surface area contributed by atoms with E-state index < -0.39 is 15.9 Å². The molecule has 0 spiro atoms. The van der Waals surface area contributed by atoms with E-state index in [4.69, 9.17) is 34.8 Å². The molecule has 0 aromatic heterocycles. The fourth-order valence-corrected chi connectivity index (χ4v) is 5.64. The maximum absolute atomic E-state index is 13.6. The smallest absolute Gasteiger partial charge is 0.267 e. The number of sulfonamides is 1. The third-order valence-electron chi connectivity index (χ3n) is 5.70. The zero-order valence-corrected chi connectivity index (χ0v) is 23.2. The van der Waals surface area contributed by atoms with Gasteiger partial charge in [-0.15, -0.1) is 0 Å². The molecule has 0 aliphatic carbocycles. The van der Waals surface area contributed by atoms with Crippen LogP contribution in [0, 0.1) is 6.92 Å². The van der Waals surface area contributed by atoms with Crippen LogP contribution in [0.5, 0.6) is 0 Å². The fourth-order valence-electron chi connectivity index (χ4n) is 3.64. The number of rotatable bonds is 8. The van der Waals surface area contributed by atoms with Crippen molar-refractivity contribution in [1.29, 1.82) is 0 Å². The monoisotopic (exact) mass is 585 g/mol. The van der Waals surface area contributed by atoms with Gasteiger partial charge in [0.05, 0.1) is 33.4 Å². The Labute approximate surface area is 236 Å². The SMILES string of the molecule is Cc1c(Cl)cccc1N(Cc1ccc(C(=O)N/N=C\c2ccc(Cl)c(Cl)c2)cc1)S(=O)(=O)c1ccccc1. The van der Waals surface area contributed by atoms with Crippen molar-refractivity contribution in [3.8, 4) is 0 Å². The Kier molecular flexibility index (Phi) is 8.74. The molecule has 194 valence electrons. The van der Waals surface area contributed by atoms with E-state index in [1.807, 2.05) is 0 Å². The average molecular weight is 587 g/mol. The molecule has 0 aliphatic heterocycles. The lowest BCUT2D eigenvalue weighted by atomic mass is 10.1. The highest BCUT2D eigenvalue weighted by Gasteiger charge is 2.27. The van der Waals surface area contributed by atoms with Gasteiger partial charge >= 0.3 is 0 Å². The van der Waals surface area contributed by atoms with Crippen LogP contribution in [0.3, 0.4) is 0 Å². The summed E-state index contributed by atoms with van der Waals surface area (Å²) in [5.41, 5.74) is 5.29. The van der Waals surface area contributed by atoms with E-state index in [-0.39, 0.29) is 11.4 Å². The van der Waals surface area contributed by atoms with Crippen molar-refractivity contribution >= 4 is 62.6 Å². The van der Waals surface area contributed by atoms with Crippen molar-refractivity contribution in [2.45, 2.75) is 18.4 Å². The van der Waals surface area contributed by atoms with Gasteiger partial charge in [-0.3, -0.25) is 9.10 Å². The Morgan fingerprint density at radius 2 is 1.58 bits per heavy atom. The van der Waals surface area contributed by atoms with Crippen molar-refractivity contribution in [2.24, 2.45) is 5.10 Å². The number of anilines is 1. The number of carbonyl (C=O) groups excluding carboxylic acids is 1. The van der Waals surface area contributed by atoms with Crippen LogP contribution in [-0.2, 0) is 16.6 Å². The zero-order chi connectivity index (χ0) is 27.3. The standard InChI is InChI=1S/C28H22Cl3N3O3S/c1-19-24(29)8-5-9-27(19)34(38(36,37)23-6-3-2-4-7-23)18-20-10-13-22(14-11-20)28(35)33-32-17-21-12-15-25(30)26(31)16-21/h2-17H,18H2,1H3,(H,33,35)/b32-17-. The summed E-state index contributed by atoms with van der Waals surface area (Å²) in [5.74, 6) is -0.424. The molecule has 0 saturated heterocycles. The lowest BCUT2D eigenvalue weighted by molar-refractivity contribution is 0.0955. The van der Waals surface area contributed by atoms with Crippen LogP contribution in [0.1, 0.15) is 27.0 Å². The molecule has 1 amide bonds. The van der Waals surface area contributed by atoms with Crippen LogP contribution in [0.25, 0.3) is 0 Å². The highest BCUT2D eigenvalue weighted by Crippen LogP contribution is 2.32. The molecule has 0 fully saturated rings. The Hall–Kier alpha value is -3.36.